The maximum absolute atomic E-state index is 9.75. The van der Waals surface area contributed by atoms with E-state index in [4.69, 9.17) is 11.6 Å². The van der Waals surface area contributed by atoms with Crippen molar-refractivity contribution in [1.29, 1.82) is 0 Å². The van der Waals surface area contributed by atoms with Crippen LogP contribution in [0.5, 0.6) is 0 Å². The van der Waals surface area contributed by atoms with Gasteiger partial charge < -0.3 is 17.3 Å². The molecule has 0 aliphatic rings. The van der Waals surface area contributed by atoms with Crippen molar-refractivity contribution in [2.45, 2.75) is 33.7 Å². The van der Waals surface area contributed by atoms with Crippen LogP contribution in [0.2, 0.25) is 0 Å². The summed E-state index contributed by atoms with van der Waals surface area (Å²) in [7, 11) is -6.00. The Morgan fingerprint density at radius 2 is 1.86 bits per heavy atom. The summed E-state index contributed by atoms with van der Waals surface area (Å²) in [6.07, 6.45) is 3.10. The van der Waals surface area contributed by atoms with Crippen molar-refractivity contribution < 1.29 is 21.8 Å². The summed E-state index contributed by atoms with van der Waals surface area (Å²) < 4.78 is 44.4. The summed E-state index contributed by atoms with van der Waals surface area (Å²) >= 11 is 5.92. The summed E-state index contributed by atoms with van der Waals surface area (Å²) in [5.41, 5.74) is 2.74. The molecule has 0 fully saturated rings. The SMILES string of the molecule is CCC(Cl)=Cc1[te]c2ccc(C)cc2[n+]1CC.F[B-](F)(F)F. The quantitative estimate of drug-likeness (QED) is 0.360. The topological polar surface area (TPSA) is 3.88 Å². The number of aromatic nitrogens is 1. The molecule has 1 nitrogen and oxygen atoms in total. The van der Waals surface area contributed by atoms with Crippen LogP contribution in [-0.2, 0) is 6.54 Å². The van der Waals surface area contributed by atoms with Gasteiger partial charge in [-0.15, -0.1) is 0 Å². The first-order valence-corrected chi connectivity index (χ1v) is 9.53. The van der Waals surface area contributed by atoms with Crippen molar-refractivity contribution in [2.75, 3.05) is 0 Å². The number of hydrogen-bond acceptors (Lipinski definition) is 0. The van der Waals surface area contributed by atoms with Crippen molar-refractivity contribution in [3.63, 3.8) is 0 Å². The molecule has 0 radical (unpaired) electrons. The molecular formula is C14H17BClF4NTe. The molecule has 0 spiro atoms. The summed E-state index contributed by atoms with van der Waals surface area (Å²) in [4.78, 5) is 0. The van der Waals surface area contributed by atoms with Gasteiger partial charge in [-0.05, 0) is 0 Å². The Morgan fingerprint density at radius 1 is 1.27 bits per heavy atom. The van der Waals surface area contributed by atoms with Gasteiger partial charge >= 0.3 is 125 Å². The predicted molar refractivity (Wildman–Crippen MR) is 85.8 cm³/mol. The zero-order valence-corrected chi connectivity index (χ0v) is 15.6. The van der Waals surface area contributed by atoms with Crippen LogP contribution >= 0.6 is 11.6 Å². The van der Waals surface area contributed by atoms with Crippen LogP contribution in [0.3, 0.4) is 0 Å². The fourth-order valence-corrected chi connectivity index (χ4v) is 5.54. The van der Waals surface area contributed by atoms with E-state index in [1.807, 2.05) is 0 Å². The Hall–Kier alpha value is -0.505. The van der Waals surface area contributed by atoms with Gasteiger partial charge in [0.2, 0.25) is 0 Å². The average Bonchev–Trinajstić information content (AvgIpc) is 2.73. The zero-order chi connectivity index (χ0) is 16.9. The van der Waals surface area contributed by atoms with Gasteiger partial charge in [0.25, 0.3) is 0 Å². The monoisotopic (exact) mass is 451 g/mol. The largest absolute Gasteiger partial charge is 0.673 e. The van der Waals surface area contributed by atoms with Gasteiger partial charge in [0.15, 0.2) is 0 Å². The van der Waals surface area contributed by atoms with Crippen LogP contribution in [-0.4, -0.2) is 27.7 Å². The molecule has 2 rings (SSSR count). The van der Waals surface area contributed by atoms with Gasteiger partial charge in [-0.3, -0.25) is 0 Å². The molecule has 122 valence electrons. The number of benzene rings is 1. The number of fused-ring (bicyclic) bond motifs is 1. The third-order valence-electron chi connectivity index (χ3n) is 2.82. The third kappa shape index (κ3) is 6.32. The molecule has 22 heavy (non-hydrogen) atoms. The fourth-order valence-electron chi connectivity index (χ4n) is 1.88. The first kappa shape index (κ1) is 19.5. The van der Waals surface area contributed by atoms with Crippen LogP contribution in [0.15, 0.2) is 23.2 Å². The van der Waals surface area contributed by atoms with Crippen LogP contribution in [0, 0.1) is 6.92 Å². The van der Waals surface area contributed by atoms with Gasteiger partial charge in [0.05, 0.1) is 0 Å². The van der Waals surface area contributed by atoms with Gasteiger partial charge in [0, 0.05) is 0 Å². The number of nitrogens with zero attached hydrogens (tertiary/aromatic N) is 1. The van der Waals surface area contributed by atoms with Gasteiger partial charge in [-0.25, -0.2) is 0 Å². The Labute approximate surface area is 142 Å². The molecule has 2 aromatic rings. The summed E-state index contributed by atoms with van der Waals surface area (Å²) in [5, 5.41) is 0.966. The molecule has 8 heteroatoms. The molecule has 0 atom stereocenters. The molecule has 0 saturated heterocycles. The second-order valence-electron chi connectivity index (χ2n) is 4.60. The Bertz CT molecular complexity index is 661. The zero-order valence-electron chi connectivity index (χ0n) is 12.5. The van der Waals surface area contributed by atoms with Gasteiger partial charge in [0.1, 0.15) is 0 Å². The van der Waals surface area contributed by atoms with E-state index in [9.17, 15) is 17.3 Å². The summed E-state index contributed by atoms with van der Waals surface area (Å²) in [6.45, 7) is 7.49. The van der Waals surface area contributed by atoms with Crippen LogP contribution < -0.4 is 4.57 Å². The maximum atomic E-state index is 9.75. The van der Waals surface area contributed by atoms with Crippen LogP contribution in [0.1, 0.15) is 29.5 Å². The van der Waals surface area contributed by atoms with Crippen molar-refractivity contribution >= 4 is 54.3 Å². The van der Waals surface area contributed by atoms with Gasteiger partial charge in [-0.1, -0.05) is 0 Å². The summed E-state index contributed by atoms with van der Waals surface area (Å²) in [6, 6.07) is 6.80. The van der Waals surface area contributed by atoms with E-state index in [0.29, 0.717) is 0 Å². The first-order chi connectivity index (χ1) is 10.2. The predicted octanol–water partition coefficient (Wildman–Crippen LogP) is 4.80. The van der Waals surface area contributed by atoms with E-state index in [1.54, 1.807) is 0 Å². The van der Waals surface area contributed by atoms with Crippen molar-refractivity contribution in [3.05, 3.63) is 32.5 Å². The number of aryl methyl sites for hydroxylation is 2. The van der Waals surface area contributed by atoms with Crippen molar-refractivity contribution in [3.8, 4) is 0 Å². The van der Waals surface area contributed by atoms with E-state index < -0.39 is 7.25 Å². The molecule has 0 unspecified atom stereocenters. The molecule has 1 aromatic carbocycles. The molecular weight excluding hydrogens is 432 g/mol. The second-order valence-corrected chi connectivity index (χ2v) is 8.11. The molecule has 1 heterocycles. The normalized spacial score (nSPS) is 12.3. The van der Waals surface area contributed by atoms with Crippen LogP contribution in [0.4, 0.5) is 17.3 Å². The minimum Gasteiger partial charge on any atom is -0.418 e. The van der Waals surface area contributed by atoms with E-state index in [-0.39, 0.29) is 20.4 Å². The fraction of sp³-hybridized carbons (Fsp3) is 0.357. The number of rotatable bonds is 3. The van der Waals surface area contributed by atoms with Gasteiger partial charge in [-0.2, -0.15) is 0 Å². The molecule has 0 aliphatic carbocycles. The maximum Gasteiger partial charge on any atom is 0.673 e. The Morgan fingerprint density at radius 3 is 2.36 bits per heavy atom. The van der Waals surface area contributed by atoms with E-state index in [1.165, 1.54) is 18.2 Å². The minimum absolute atomic E-state index is 0.254. The smallest absolute Gasteiger partial charge is 0.418 e. The Kier molecular flexibility index (Phi) is 7.44. The average molecular weight is 449 g/mol. The van der Waals surface area contributed by atoms with Crippen molar-refractivity contribution in [2.24, 2.45) is 0 Å². The van der Waals surface area contributed by atoms with Crippen molar-refractivity contribution in [1.82, 2.24) is 0 Å². The Balaban J connectivity index is 0.000000422. The molecule has 0 saturated carbocycles. The molecule has 0 aliphatic heterocycles. The van der Waals surface area contributed by atoms with Crippen LogP contribution in [0.25, 0.3) is 15.0 Å². The number of hydrogen-bond donors (Lipinski definition) is 0. The molecule has 0 N–H and O–H groups in total. The summed E-state index contributed by atoms with van der Waals surface area (Å²) in [5.74, 6) is 0. The third-order valence-corrected chi connectivity index (χ3v) is 6.37. The molecule has 0 bridgehead atoms. The number of allylic oxidation sites excluding steroid dienone is 1. The van der Waals surface area contributed by atoms with E-state index >= 15 is 0 Å². The van der Waals surface area contributed by atoms with E-state index in [0.717, 1.165) is 18.0 Å². The molecule has 0 amide bonds. The second kappa shape index (κ2) is 8.38. The number of halogens is 5. The molecule has 1 aromatic heterocycles. The van der Waals surface area contributed by atoms with E-state index in [2.05, 4.69) is 49.6 Å². The minimum atomic E-state index is -6.00. The standard InChI is InChI=1S/C14H17ClNTe.BF4/c1-4-11(15)9-14-16(5-2)12-8-10(3)6-7-13(12)17-14;2-1(3,4)5/h6-9H,4-5H2,1-3H3;/q+1;-1. The first-order valence-electron chi connectivity index (χ1n) is 6.82.